The molecule has 120 valence electrons. The molecule has 6 heteroatoms. The third kappa shape index (κ3) is 4.35. The number of aromatic nitrogens is 1. The molecule has 0 bridgehead atoms. The quantitative estimate of drug-likeness (QED) is 0.853. The van der Waals surface area contributed by atoms with E-state index in [0.29, 0.717) is 32.7 Å². The molecule has 0 radical (unpaired) electrons. The van der Waals surface area contributed by atoms with Gasteiger partial charge in [-0.2, -0.15) is 0 Å². The molecule has 0 saturated heterocycles. The maximum Gasteiger partial charge on any atom is 0.222 e. The Morgan fingerprint density at radius 3 is 2.70 bits per heavy atom. The molecule has 0 atom stereocenters. The van der Waals surface area contributed by atoms with Gasteiger partial charge in [-0.05, 0) is 29.8 Å². The maximum atomic E-state index is 11.8. The number of fused-ring (bicyclic) bond motifs is 1. The molecule has 0 fully saturated rings. The number of anilines is 1. The van der Waals surface area contributed by atoms with Crippen LogP contribution >= 0.6 is 0 Å². The lowest BCUT2D eigenvalue weighted by molar-refractivity contribution is -0.121. The van der Waals surface area contributed by atoms with Gasteiger partial charge in [0.15, 0.2) is 11.5 Å². The average Bonchev–Trinajstić information content (AvgIpc) is 2.61. The summed E-state index contributed by atoms with van der Waals surface area (Å²) in [5, 5.41) is 6.10. The normalized spacial score (nSPS) is 12.5. The van der Waals surface area contributed by atoms with Gasteiger partial charge < -0.3 is 20.1 Å². The van der Waals surface area contributed by atoms with E-state index in [1.54, 1.807) is 12.4 Å². The highest BCUT2D eigenvalue weighted by Gasteiger charge is 2.11. The first-order valence-corrected chi connectivity index (χ1v) is 7.60. The number of ether oxygens (including phenoxy) is 2. The van der Waals surface area contributed by atoms with E-state index in [9.17, 15) is 4.79 Å². The predicted molar refractivity (Wildman–Crippen MR) is 86.6 cm³/mol. The molecule has 23 heavy (non-hydrogen) atoms. The van der Waals surface area contributed by atoms with E-state index in [1.165, 1.54) is 0 Å². The van der Waals surface area contributed by atoms with Crippen molar-refractivity contribution in [1.82, 2.24) is 10.3 Å². The minimum absolute atomic E-state index is 0.00635. The lowest BCUT2D eigenvalue weighted by Gasteiger charge is -2.19. The third-order valence-electron chi connectivity index (χ3n) is 3.46. The second-order valence-electron chi connectivity index (χ2n) is 5.17. The van der Waals surface area contributed by atoms with Crippen molar-refractivity contribution in [1.29, 1.82) is 0 Å². The van der Waals surface area contributed by atoms with Crippen molar-refractivity contribution >= 4 is 11.6 Å². The second-order valence-corrected chi connectivity index (χ2v) is 5.17. The summed E-state index contributed by atoms with van der Waals surface area (Å²) in [5.41, 5.74) is 1.95. The van der Waals surface area contributed by atoms with E-state index in [2.05, 4.69) is 15.6 Å². The third-order valence-corrected chi connectivity index (χ3v) is 3.46. The Balaban J connectivity index is 1.41. The monoisotopic (exact) mass is 313 g/mol. The highest BCUT2D eigenvalue weighted by Crippen LogP contribution is 2.32. The number of rotatable bonds is 6. The molecule has 2 aromatic rings. The fraction of sp³-hybridized carbons (Fsp3) is 0.294. The van der Waals surface area contributed by atoms with Crippen molar-refractivity contribution in [2.45, 2.75) is 13.0 Å². The van der Waals surface area contributed by atoms with E-state index < -0.39 is 0 Å². The first-order chi connectivity index (χ1) is 11.3. The van der Waals surface area contributed by atoms with Crippen LogP contribution in [0.15, 0.2) is 42.7 Å². The number of nitrogens with zero attached hydrogens (tertiary/aromatic N) is 1. The van der Waals surface area contributed by atoms with E-state index in [-0.39, 0.29) is 5.91 Å². The number of carbonyl (C=O) groups excluding carboxylic acids is 1. The number of carbonyl (C=O) groups is 1. The molecule has 2 N–H and O–H groups in total. The lowest BCUT2D eigenvalue weighted by Crippen LogP contribution is -2.24. The van der Waals surface area contributed by atoms with Crippen molar-refractivity contribution in [3.05, 3.63) is 48.3 Å². The minimum atomic E-state index is 0.00635. The highest BCUT2D eigenvalue weighted by molar-refractivity contribution is 5.76. The molecule has 0 spiro atoms. The van der Waals surface area contributed by atoms with Crippen LogP contribution in [0.3, 0.4) is 0 Å². The Kier molecular flexibility index (Phi) is 4.93. The van der Waals surface area contributed by atoms with Gasteiger partial charge >= 0.3 is 0 Å². The Hall–Kier alpha value is -2.76. The number of pyridine rings is 1. The van der Waals surface area contributed by atoms with Gasteiger partial charge in [0, 0.05) is 43.7 Å². The van der Waals surface area contributed by atoms with Crippen LogP contribution in [0.2, 0.25) is 0 Å². The zero-order valence-electron chi connectivity index (χ0n) is 12.7. The van der Waals surface area contributed by atoms with Gasteiger partial charge in [-0.25, -0.2) is 0 Å². The van der Waals surface area contributed by atoms with Crippen molar-refractivity contribution in [2.24, 2.45) is 0 Å². The maximum absolute atomic E-state index is 11.8. The van der Waals surface area contributed by atoms with E-state index >= 15 is 0 Å². The molecule has 1 aliphatic heterocycles. The van der Waals surface area contributed by atoms with E-state index in [4.69, 9.17) is 9.47 Å². The molecule has 0 saturated carbocycles. The predicted octanol–water partition coefficient (Wildman–Crippen LogP) is 1.97. The molecule has 0 aliphatic carbocycles. The first-order valence-electron chi connectivity index (χ1n) is 7.60. The van der Waals surface area contributed by atoms with Gasteiger partial charge in [0.2, 0.25) is 5.91 Å². The Morgan fingerprint density at radius 2 is 1.87 bits per heavy atom. The highest BCUT2D eigenvalue weighted by atomic mass is 16.6. The zero-order valence-corrected chi connectivity index (χ0v) is 12.7. The van der Waals surface area contributed by atoms with Gasteiger partial charge in [0.05, 0.1) is 0 Å². The van der Waals surface area contributed by atoms with Crippen molar-refractivity contribution in [2.75, 3.05) is 25.1 Å². The van der Waals surface area contributed by atoms with Gasteiger partial charge in [-0.15, -0.1) is 0 Å². The van der Waals surface area contributed by atoms with E-state index in [1.807, 2.05) is 30.3 Å². The van der Waals surface area contributed by atoms with Gasteiger partial charge in [0.25, 0.3) is 0 Å². The van der Waals surface area contributed by atoms with Crippen molar-refractivity contribution < 1.29 is 14.3 Å². The van der Waals surface area contributed by atoms with Gasteiger partial charge in [-0.3, -0.25) is 9.78 Å². The molecule has 3 rings (SSSR count). The first kappa shape index (κ1) is 15.1. The molecular weight excluding hydrogens is 294 g/mol. The standard InChI is InChI=1S/C17H19N3O3/c21-17(20-12-13-3-6-18-7-4-13)5-8-19-14-1-2-15-16(11-14)23-10-9-22-15/h1-4,6-7,11,19H,5,8-10,12H2,(H,20,21). The number of hydrogen-bond acceptors (Lipinski definition) is 5. The summed E-state index contributed by atoms with van der Waals surface area (Å²) in [6, 6.07) is 9.45. The molecule has 6 nitrogen and oxygen atoms in total. The van der Waals surface area contributed by atoms with Crippen LogP contribution in [0.5, 0.6) is 11.5 Å². The van der Waals surface area contributed by atoms with Crippen LogP contribution in [0.1, 0.15) is 12.0 Å². The van der Waals surface area contributed by atoms with Crippen molar-refractivity contribution in [3.63, 3.8) is 0 Å². The largest absolute Gasteiger partial charge is 0.486 e. The number of nitrogens with one attached hydrogen (secondary N) is 2. The van der Waals surface area contributed by atoms with Gasteiger partial charge in [0.1, 0.15) is 13.2 Å². The fourth-order valence-corrected chi connectivity index (χ4v) is 2.26. The molecule has 1 amide bonds. The molecule has 1 aromatic heterocycles. The topological polar surface area (TPSA) is 72.5 Å². The Labute approximate surface area is 134 Å². The summed E-state index contributed by atoms with van der Waals surface area (Å²) in [6.07, 6.45) is 3.83. The number of benzene rings is 1. The second kappa shape index (κ2) is 7.49. The SMILES string of the molecule is O=C(CCNc1ccc2c(c1)OCCO2)NCc1ccncc1. The van der Waals surface area contributed by atoms with E-state index in [0.717, 1.165) is 22.7 Å². The molecule has 2 heterocycles. The summed E-state index contributed by atoms with van der Waals surface area (Å²) >= 11 is 0. The van der Waals surface area contributed by atoms with Crippen LogP contribution in [-0.4, -0.2) is 30.6 Å². The molecule has 1 aliphatic rings. The zero-order chi connectivity index (χ0) is 15.9. The number of amides is 1. The smallest absolute Gasteiger partial charge is 0.222 e. The molecule has 0 unspecified atom stereocenters. The van der Waals surface area contributed by atoms with Crippen LogP contribution < -0.4 is 20.1 Å². The molecule has 1 aromatic carbocycles. The number of hydrogen-bond donors (Lipinski definition) is 2. The minimum Gasteiger partial charge on any atom is -0.486 e. The fourth-order valence-electron chi connectivity index (χ4n) is 2.26. The average molecular weight is 313 g/mol. The van der Waals surface area contributed by atoms with Gasteiger partial charge in [-0.1, -0.05) is 0 Å². The summed E-state index contributed by atoms with van der Waals surface area (Å²) < 4.78 is 11.0. The summed E-state index contributed by atoms with van der Waals surface area (Å²) in [7, 11) is 0. The van der Waals surface area contributed by atoms with Crippen LogP contribution in [0.25, 0.3) is 0 Å². The molecular formula is C17H19N3O3. The van der Waals surface area contributed by atoms with Crippen LogP contribution in [0, 0.1) is 0 Å². The van der Waals surface area contributed by atoms with Crippen molar-refractivity contribution in [3.8, 4) is 11.5 Å². The Morgan fingerprint density at radius 1 is 1.09 bits per heavy atom. The van der Waals surface area contributed by atoms with Crippen LogP contribution in [0.4, 0.5) is 5.69 Å². The Bertz CT molecular complexity index is 661. The lowest BCUT2D eigenvalue weighted by atomic mass is 10.2. The van der Waals surface area contributed by atoms with Crippen LogP contribution in [-0.2, 0) is 11.3 Å². The summed E-state index contributed by atoms with van der Waals surface area (Å²) in [4.78, 5) is 15.8. The summed E-state index contributed by atoms with van der Waals surface area (Å²) in [5.74, 6) is 1.51. The summed E-state index contributed by atoms with van der Waals surface area (Å²) in [6.45, 7) is 2.22.